The molecule has 0 saturated carbocycles. The molecule has 0 aliphatic rings. The molecular weight excluding hydrogens is 756 g/mol. The molecule has 60 heavy (non-hydrogen) atoms. The maximum atomic E-state index is 10.6. The van der Waals surface area contributed by atoms with Crippen LogP contribution in [0.5, 0.6) is 0 Å². The summed E-state index contributed by atoms with van der Waals surface area (Å²) in [5.74, 6) is 0. The topological polar surface area (TPSA) is 72.4 Å². The molecule has 0 aromatic heterocycles. The summed E-state index contributed by atoms with van der Waals surface area (Å²) in [5.41, 5.74) is 15.8. The minimum Gasteiger partial charge on any atom is -0.790 e. The molecule has 0 bridgehead atoms. The van der Waals surface area contributed by atoms with Gasteiger partial charge in [0.25, 0.3) is 0 Å². The number of phosphoric ester groups is 1. The highest BCUT2D eigenvalue weighted by Crippen LogP contribution is 2.24. The average molecular weight is 845 g/mol. The van der Waals surface area contributed by atoms with E-state index in [4.69, 9.17) is 0 Å². The van der Waals surface area contributed by atoms with E-state index in [9.17, 15) is 14.4 Å². The highest BCUT2D eigenvalue weighted by atomic mass is 31.2. The first-order valence-corrected chi connectivity index (χ1v) is 24.7. The Hall–Kier alpha value is -2.75. The highest BCUT2D eigenvalue weighted by Gasteiger charge is 1.99. The van der Waals surface area contributed by atoms with Gasteiger partial charge < -0.3 is 18.9 Å². The molecule has 0 aromatic rings. The highest BCUT2D eigenvalue weighted by molar-refractivity contribution is 7.43. The fourth-order valence-corrected chi connectivity index (χ4v) is 7.05. The van der Waals surface area contributed by atoms with Gasteiger partial charge in [-0.1, -0.05) is 128 Å². The molecule has 0 fully saturated rings. The maximum absolute atomic E-state index is 10.6. The largest absolute Gasteiger partial charge is 0.790 e. The molecule has 0 aliphatic carbocycles. The van der Waals surface area contributed by atoms with Crippen molar-refractivity contribution >= 4 is 7.82 Å². The Labute approximate surface area is 371 Å². The molecule has 0 atom stereocenters. The first-order valence-electron chi connectivity index (χ1n) is 23.2. The van der Waals surface area contributed by atoms with Gasteiger partial charge in [-0.2, -0.15) is 0 Å². The van der Waals surface area contributed by atoms with Crippen LogP contribution < -0.4 is 9.79 Å². The SMILES string of the molecule is CC(C)=CCC/C(C)=C/CC/C(C)=C/CC/C(C)=C/CC/C(C)=C\CC/C(C)=C\CC/C(C)=C\CC/C(C)=C\CC/C(C)=C\CC/C(C)=C\CC/C(C)=C\COP(=O)([O-])[O-]. The van der Waals surface area contributed by atoms with Gasteiger partial charge in [0.1, 0.15) is 0 Å². The van der Waals surface area contributed by atoms with Crippen LogP contribution in [-0.2, 0) is 9.09 Å². The van der Waals surface area contributed by atoms with Gasteiger partial charge in [-0.05, 0) is 212 Å². The lowest BCUT2D eigenvalue weighted by atomic mass is 10.0. The number of allylic oxidation sites excluding steroid dienone is 21. The third-order valence-electron chi connectivity index (χ3n) is 11.0. The normalized spacial score (nSPS) is 15.0. The first kappa shape index (κ1) is 57.2. The zero-order chi connectivity index (χ0) is 45.2. The van der Waals surface area contributed by atoms with E-state index in [-0.39, 0.29) is 6.61 Å². The molecule has 0 aromatic carbocycles. The number of phosphoric acid groups is 1. The summed E-state index contributed by atoms with van der Waals surface area (Å²) in [6.45, 7) is 26.5. The van der Waals surface area contributed by atoms with E-state index in [1.54, 1.807) is 6.08 Å². The third kappa shape index (κ3) is 39.4. The van der Waals surface area contributed by atoms with Crippen LogP contribution in [0, 0.1) is 0 Å². The number of hydrogen-bond donors (Lipinski definition) is 0. The molecule has 0 heterocycles. The maximum Gasteiger partial charge on any atom is 0.0702 e. The van der Waals surface area contributed by atoms with Crippen LogP contribution >= 0.6 is 7.82 Å². The van der Waals surface area contributed by atoms with Crippen LogP contribution in [0.15, 0.2) is 128 Å². The van der Waals surface area contributed by atoms with Gasteiger partial charge in [0, 0.05) is 0 Å². The summed E-state index contributed by atoms with van der Waals surface area (Å²) >= 11 is 0. The van der Waals surface area contributed by atoms with Crippen LogP contribution in [0.25, 0.3) is 0 Å². The van der Waals surface area contributed by atoms with Crippen molar-refractivity contribution in [3.05, 3.63) is 128 Å². The molecule has 0 rings (SSSR count). The third-order valence-corrected chi connectivity index (χ3v) is 11.5. The van der Waals surface area contributed by atoms with E-state index in [0.29, 0.717) is 0 Å². The van der Waals surface area contributed by atoms with Crippen LogP contribution in [0.2, 0.25) is 0 Å². The number of hydrogen-bond acceptors (Lipinski definition) is 4. The van der Waals surface area contributed by atoms with Crippen LogP contribution in [-0.4, -0.2) is 6.61 Å². The molecule has 0 unspecified atom stereocenters. The summed E-state index contributed by atoms with van der Waals surface area (Å²) in [7, 11) is -4.90. The Bertz CT molecular complexity index is 1600. The predicted octanol–water partition coefficient (Wildman–Crippen LogP) is 17.1. The zero-order valence-electron chi connectivity index (χ0n) is 40.8. The van der Waals surface area contributed by atoms with Crippen molar-refractivity contribution in [2.45, 2.75) is 212 Å². The molecule has 0 radical (unpaired) electrons. The summed E-state index contributed by atoms with van der Waals surface area (Å²) in [4.78, 5) is 21.1. The van der Waals surface area contributed by atoms with Gasteiger partial charge in [-0.25, -0.2) is 0 Å². The molecule has 0 aliphatic heterocycles. The van der Waals surface area contributed by atoms with Crippen molar-refractivity contribution in [1.29, 1.82) is 0 Å². The summed E-state index contributed by atoms with van der Waals surface area (Å²) in [5, 5.41) is 0. The summed E-state index contributed by atoms with van der Waals surface area (Å²) in [6.07, 6.45) is 47.8. The monoisotopic (exact) mass is 845 g/mol. The molecular formula is C55H89O4P-2. The second-order valence-electron chi connectivity index (χ2n) is 17.9. The lowest BCUT2D eigenvalue weighted by Crippen LogP contribution is -2.16. The molecule has 0 spiro atoms. The fraction of sp³-hybridized carbons (Fsp3) is 0.600. The minimum atomic E-state index is -4.90. The Morgan fingerprint density at radius 2 is 0.483 bits per heavy atom. The van der Waals surface area contributed by atoms with Crippen molar-refractivity contribution in [2.24, 2.45) is 0 Å². The summed E-state index contributed by atoms with van der Waals surface area (Å²) < 4.78 is 14.8. The molecule has 4 nitrogen and oxygen atoms in total. The van der Waals surface area contributed by atoms with Crippen molar-refractivity contribution in [1.82, 2.24) is 0 Å². The molecule has 340 valence electrons. The Morgan fingerprint density at radius 1 is 0.317 bits per heavy atom. The van der Waals surface area contributed by atoms with Gasteiger partial charge >= 0.3 is 0 Å². The minimum absolute atomic E-state index is 0.180. The van der Waals surface area contributed by atoms with Crippen LogP contribution in [0.1, 0.15) is 212 Å². The second-order valence-corrected chi connectivity index (χ2v) is 19.1. The van der Waals surface area contributed by atoms with Crippen LogP contribution in [0.4, 0.5) is 0 Å². The van der Waals surface area contributed by atoms with Crippen molar-refractivity contribution in [3.8, 4) is 0 Å². The van der Waals surface area contributed by atoms with Gasteiger partial charge in [0.2, 0.25) is 0 Å². The quantitative estimate of drug-likeness (QED) is 0.0487. The Balaban J connectivity index is 4.28. The number of rotatable bonds is 33. The van der Waals surface area contributed by atoms with Crippen molar-refractivity contribution in [3.63, 3.8) is 0 Å². The summed E-state index contributed by atoms with van der Waals surface area (Å²) in [6, 6.07) is 0. The Morgan fingerprint density at radius 3 is 0.650 bits per heavy atom. The van der Waals surface area contributed by atoms with Crippen LogP contribution in [0.3, 0.4) is 0 Å². The van der Waals surface area contributed by atoms with E-state index in [0.717, 1.165) is 115 Å². The zero-order valence-corrected chi connectivity index (χ0v) is 41.7. The van der Waals surface area contributed by atoms with E-state index in [2.05, 4.69) is 141 Å². The smallest absolute Gasteiger partial charge is 0.0702 e. The van der Waals surface area contributed by atoms with Gasteiger partial charge in [0.15, 0.2) is 0 Å². The van der Waals surface area contributed by atoms with Gasteiger partial charge in [0.05, 0.1) is 14.4 Å². The fourth-order valence-electron chi connectivity index (χ4n) is 6.80. The first-order chi connectivity index (χ1) is 28.4. The van der Waals surface area contributed by atoms with E-state index in [1.807, 2.05) is 6.92 Å². The molecule has 0 saturated heterocycles. The lowest BCUT2D eigenvalue weighted by Gasteiger charge is -2.27. The van der Waals surface area contributed by atoms with Gasteiger partial charge in [-0.15, -0.1) is 0 Å². The molecule has 0 N–H and O–H groups in total. The lowest BCUT2D eigenvalue weighted by molar-refractivity contribution is -0.340. The molecule has 5 heteroatoms. The van der Waals surface area contributed by atoms with Gasteiger partial charge in [-0.3, -0.25) is 0 Å². The van der Waals surface area contributed by atoms with E-state index >= 15 is 0 Å². The average Bonchev–Trinajstić information content (AvgIpc) is 3.14. The van der Waals surface area contributed by atoms with Crippen molar-refractivity contribution < 1.29 is 18.9 Å². The van der Waals surface area contributed by atoms with E-state index < -0.39 is 7.82 Å². The van der Waals surface area contributed by atoms with E-state index in [1.165, 1.54) is 75.0 Å². The second kappa shape index (κ2) is 35.8. The Kier molecular flexibility index (Phi) is 34.2. The predicted molar refractivity (Wildman–Crippen MR) is 263 cm³/mol. The standard InChI is InChI=1S/C55H91O4P/c1-45(2)23-13-24-46(3)25-14-26-47(4)27-15-28-48(5)29-16-30-49(6)31-17-32-50(7)33-18-34-51(8)35-19-36-52(9)37-20-38-53(10)39-21-40-54(11)41-22-42-55(12)43-44-59-60(56,57)58/h23,25,27,29,31,33,35,37,39,41,43H,13-22,24,26,28,30,32,34,36,38,40,42,44H2,1-12H3,(H2,56,57,58)/p-2/b46-25+,47-27+,48-29+,49-31-,50-33-,51-35-,52-37-,53-39-,54-41-,55-43-. The molecule has 0 amide bonds. The van der Waals surface area contributed by atoms with Crippen molar-refractivity contribution in [2.75, 3.05) is 6.61 Å².